The van der Waals surface area contributed by atoms with E-state index < -0.39 is 17.3 Å². The maximum absolute atomic E-state index is 12.2. The van der Waals surface area contributed by atoms with Crippen LogP contribution in [0.15, 0.2) is 12.2 Å². The molecule has 2 saturated heterocycles. The minimum absolute atomic E-state index is 0.0826. The molecule has 1 aliphatic carbocycles. The van der Waals surface area contributed by atoms with Crippen molar-refractivity contribution in [3.63, 3.8) is 0 Å². The van der Waals surface area contributed by atoms with Gasteiger partial charge in [0.1, 0.15) is 0 Å². The predicted molar refractivity (Wildman–Crippen MR) is 80.0 cm³/mol. The molecule has 2 bridgehead atoms. The number of hydrogen-bond acceptors (Lipinski definition) is 5. The molecule has 0 aromatic rings. The highest BCUT2D eigenvalue weighted by molar-refractivity contribution is 5.73. The zero-order chi connectivity index (χ0) is 16.0. The van der Waals surface area contributed by atoms with E-state index in [1.807, 2.05) is 26.0 Å². The van der Waals surface area contributed by atoms with Gasteiger partial charge in [0.15, 0.2) is 5.79 Å². The van der Waals surface area contributed by atoms with E-state index in [0.29, 0.717) is 12.8 Å². The Morgan fingerprint density at radius 2 is 2.18 bits per heavy atom. The van der Waals surface area contributed by atoms with Gasteiger partial charge in [-0.2, -0.15) is 0 Å². The summed E-state index contributed by atoms with van der Waals surface area (Å²) in [6.45, 7) is 3.94. The fourth-order valence-corrected chi connectivity index (χ4v) is 4.46. The molecule has 3 rings (SSSR count). The summed E-state index contributed by atoms with van der Waals surface area (Å²) in [5.41, 5.74) is -0.582. The molecule has 3 fully saturated rings. The highest BCUT2D eigenvalue weighted by atomic mass is 16.7. The highest BCUT2D eigenvalue weighted by Crippen LogP contribution is 2.58. The van der Waals surface area contributed by atoms with E-state index in [4.69, 9.17) is 14.2 Å². The molecule has 0 aromatic heterocycles. The fourth-order valence-electron chi connectivity index (χ4n) is 4.46. The van der Waals surface area contributed by atoms with Crippen molar-refractivity contribution < 1.29 is 24.1 Å². The number of fused-ring (bicyclic) bond motifs is 1. The van der Waals surface area contributed by atoms with Gasteiger partial charge in [0, 0.05) is 18.3 Å². The number of hydrogen-bond donors (Lipinski definition) is 1. The maximum Gasteiger partial charge on any atom is 0.311 e. The van der Waals surface area contributed by atoms with Gasteiger partial charge in [-0.15, -0.1) is 0 Å². The molecule has 2 aliphatic heterocycles. The largest absolute Gasteiger partial charge is 0.469 e. The molecule has 1 spiro atoms. The first-order valence-electron chi connectivity index (χ1n) is 8.20. The van der Waals surface area contributed by atoms with Gasteiger partial charge in [-0.3, -0.25) is 4.79 Å². The maximum atomic E-state index is 12.2. The lowest BCUT2D eigenvalue weighted by atomic mass is 9.60. The molecule has 3 aliphatic rings. The molecule has 6 atom stereocenters. The molecule has 6 unspecified atom stereocenters. The topological polar surface area (TPSA) is 65.0 Å². The molecule has 5 heteroatoms. The molecule has 0 amide bonds. The van der Waals surface area contributed by atoms with Crippen molar-refractivity contribution in [2.24, 2.45) is 11.3 Å². The van der Waals surface area contributed by atoms with Crippen molar-refractivity contribution in [1.29, 1.82) is 0 Å². The number of rotatable bonds is 2. The Bertz CT molecular complexity index is 476. The Hall–Kier alpha value is -0.910. The molecule has 5 nitrogen and oxygen atoms in total. The molecular weight excluding hydrogens is 284 g/mol. The normalized spacial score (nSPS) is 48.0. The third-order valence-corrected chi connectivity index (χ3v) is 5.74. The number of esters is 1. The Labute approximate surface area is 131 Å². The SMILES string of the molecule is C/C=C/C1CC2OC3(CCCC(O)C3(C)CC2C(=O)OC)O1. The lowest BCUT2D eigenvalue weighted by molar-refractivity contribution is -0.408. The zero-order valence-electron chi connectivity index (χ0n) is 13.6. The molecule has 0 aromatic carbocycles. The van der Waals surface area contributed by atoms with E-state index in [9.17, 15) is 9.90 Å². The molecule has 22 heavy (non-hydrogen) atoms. The van der Waals surface area contributed by atoms with E-state index >= 15 is 0 Å². The second kappa shape index (κ2) is 5.62. The molecular formula is C17H26O5. The number of aliphatic hydroxyl groups excluding tert-OH is 1. The number of ether oxygens (including phenoxy) is 3. The smallest absolute Gasteiger partial charge is 0.311 e. The van der Waals surface area contributed by atoms with Gasteiger partial charge in [-0.1, -0.05) is 19.1 Å². The standard InChI is InChI=1S/C17H26O5/c1-4-6-11-9-13-12(15(19)20-3)10-16(2)14(18)7-5-8-17(16,21-11)22-13/h4,6,11-14,18H,5,7-10H2,1-3H3/b6-4+. The second-order valence-electron chi connectivity index (χ2n) is 6.99. The van der Waals surface area contributed by atoms with Crippen LogP contribution in [0, 0.1) is 11.3 Å². The summed E-state index contributed by atoms with van der Waals surface area (Å²) in [6.07, 6.45) is 6.71. The first-order chi connectivity index (χ1) is 10.5. The number of allylic oxidation sites excluding steroid dienone is 1. The minimum atomic E-state index is -0.789. The Kier molecular flexibility index (Phi) is 4.08. The van der Waals surface area contributed by atoms with E-state index in [2.05, 4.69) is 0 Å². The predicted octanol–water partition coefficient (Wildman–Crippen LogP) is 2.18. The quantitative estimate of drug-likeness (QED) is 0.625. The second-order valence-corrected chi connectivity index (χ2v) is 6.99. The number of aliphatic hydroxyl groups is 1. The van der Waals surface area contributed by atoms with Crippen LogP contribution < -0.4 is 0 Å². The van der Waals surface area contributed by atoms with Crippen molar-refractivity contribution in [2.75, 3.05) is 7.11 Å². The molecule has 0 radical (unpaired) electrons. The van der Waals surface area contributed by atoms with Gasteiger partial charge >= 0.3 is 5.97 Å². The first kappa shape index (κ1) is 16.0. The van der Waals surface area contributed by atoms with E-state index in [0.717, 1.165) is 19.3 Å². The first-order valence-corrected chi connectivity index (χ1v) is 8.20. The monoisotopic (exact) mass is 310 g/mol. The summed E-state index contributed by atoms with van der Waals surface area (Å²) in [7, 11) is 1.41. The third kappa shape index (κ3) is 2.22. The van der Waals surface area contributed by atoms with Crippen molar-refractivity contribution in [1.82, 2.24) is 0 Å². The van der Waals surface area contributed by atoms with Crippen LogP contribution in [0.4, 0.5) is 0 Å². The lowest BCUT2D eigenvalue weighted by Crippen LogP contribution is -2.69. The van der Waals surface area contributed by atoms with Crippen LogP contribution in [-0.4, -0.2) is 42.3 Å². The van der Waals surface area contributed by atoms with Gasteiger partial charge in [0.25, 0.3) is 0 Å². The van der Waals surface area contributed by atoms with Crippen molar-refractivity contribution >= 4 is 5.97 Å². The Morgan fingerprint density at radius 3 is 2.86 bits per heavy atom. The molecule has 1 N–H and O–H groups in total. The zero-order valence-corrected chi connectivity index (χ0v) is 13.6. The van der Waals surface area contributed by atoms with Crippen LogP contribution >= 0.6 is 0 Å². The Balaban J connectivity index is 1.99. The van der Waals surface area contributed by atoms with Crippen LogP contribution in [0.1, 0.15) is 46.0 Å². The molecule has 124 valence electrons. The van der Waals surface area contributed by atoms with Crippen LogP contribution in [-0.2, 0) is 19.0 Å². The number of carbonyl (C=O) groups excluding carboxylic acids is 1. The molecule has 1 saturated carbocycles. The fraction of sp³-hybridized carbons (Fsp3) is 0.824. The third-order valence-electron chi connectivity index (χ3n) is 5.74. The van der Waals surface area contributed by atoms with E-state index in [1.54, 1.807) is 0 Å². The van der Waals surface area contributed by atoms with Gasteiger partial charge < -0.3 is 19.3 Å². The number of methoxy groups -OCH3 is 1. The minimum Gasteiger partial charge on any atom is -0.469 e. The molecule has 2 heterocycles. The van der Waals surface area contributed by atoms with Crippen LogP contribution in [0.3, 0.4) is 0 Å². The van der Waals surface area contributed by atoms with Crippen LogP contribution in [0.25, 0.3) is 0 Å². The van der Waals surface area contributed by atoms with Gasteiger partial charge in [-0.05, 0) is 26.2 Å². The average molecular weight is 310 g/mol. The Morgan fingerprint density at radius 1 is 1.41 bits per heavy atom. The van der Waals surface area contributed by atoms with E-state index in [1.165, 1.54) is 7.11 Å². The lowest BCUT2D eigenvalue weighted by Gasteiger charge is -2.62. The van der Waals surface area contributed by atoms with Crippen molar-refractivity contribution in [2.45, 2.75) is 70.1 Å². The van der Waals surface area contributed by atoms with Crippen LogP contribution in [0.2, 0.25) is 0 Å². The summed E-state index contributed by atoms with van der Waals surface area (Å²) in [5, 5.41) is 10.6. The van der Waals surface area contributed by atoms with Gasteiger partial charge in [0.2, 0.25) is 0 Å². The number of carbonyl (C=O) groups is 1. The van der Waals surface area contributed by atoms with Crippen molar-refractivity contribution in [3.8, 4) is 0 Å². The van der Waals surface area contributed by atoms with Crippen molar-refractivity contribution in [3.05, 3.63) is 12.2 Å². The van der Waals surface area contributed by atoms with Gasteiger partial charge in [0.05, 0.1) is 31.3 Å². The summed E-state index contributed by atoms with van der Waals surface area (Å²) in [5.74, 6) is -1.38. The summed E-state index contributed by atoms with van der Waals surface area (Å²) >= 11 is 0. The highest BCUT2D eigenvalue weighted by Gasteiger charge is 2.65. The van der Waals surface area contributed by atoms with Crippen LogP contribution in [0.5, 0.6) is 0 Å². The summed E-state index contributed by atoms with van der Waals surface area (Å²) in [4.78, 5) is 12.2. The summed E-state index contributed by atoms with van der Waals surface area (Å²) in [6, 6.07) is 0. The summed E-state index contributed by atoms with van der Waals surface area (Å²) < 4.78 is 17.6. The van der Waals surface area contributed by atoms with E-state index in [-0.39, 0.29) is 24.1 Å². The van der Waals surface area contributed by atoms with Gasteiger partial charge in [-0.25, -0.2) is 0 Å². The average Bonchev–Trinajstić information content (AvgIpc) is 2.49.